The largest absolute Gasteiger partial charge is 1.00 e. The predicted octanol–water partition coefficient (Wildman–Crippen LogP) is -0.663. The number of benzene rings is 1. The van der Waals surface area contributed by atoms with Gasteiger partial charge in [0.25, 0.3) is 0 Å². The van der Waals surface area contributed by atoms with E-state index < -0.39 is 0 Å². The van der Waals surface area contributed by atoms with Gasteiger partial charge in [-0.3, -0.25) is 0 Å². The first-order valence-electron chi connectivity index (χ1n) is 3.36. The summed E-state index contributed by atoms with van der Waals surface area (Å²) in [5.74, 6) is -0.143. The van der Waals surface area contributed by atoms with Crippen LogP contribution in [0.25, 0.3) is 0 Å². The van der Waals surface area contributed by atoms with Crippen LogP contribution in [0.1, 0.15) is 5.56 Å². The average molecular weight is 268 g/mol. The summed E-state index contributed by atoms with van der Waals surface area (Å²) in [5, 5.41) is 1.24. The van der Waals surface area contributed by atoms with E-state index in [1.54, 1.807) is 0 Å². The molecule has 0 nitrogen and oxygen atoms in total. The van der Waals surface area contributed by atoms with Gasteiger partial charge in [0.1, 0.15) is 0 Å². The van der Waals surface area contributed by atoms with Crippen molar-refractivity contribution >= 4 is 0 Å². The van der Waals surface area contributed by atoms with E-state index in [2.05, 4.69) is 0 Å². The predicted molar refractivity (Wildman–Crippen MR) is 34.9 cm³/mol. The molecule has 0 radical (unpaired) electrons. The molecule has 0 saturated carbocycles. The summed E-state index contributed by atoms with van der Waals surface area (Å²) in [5.41, 5.74) is 1.24. The van der Waals surface area contributed by atoms with Gasteiger partial charge in [-0.15, -0.1) is 0 Å². The molecule has 1 rings (SSSR count). The number of hydrogen-bond donors (Lipinski definition) is 0. The molecular weight excluding hydrogens is 260 g/mol. The summed E-state index contributed by atoms with van der Waals surface area (Å²) in [6.07, 6.45) is 1.10. The Kier molecular flexibility index (Phi) is 5.98. The Morgan fingerprint density at radius 1 is 1.18 bits per heavy atom. The summed E-state index contributed by atoms with van der Waals surface area (Å²) in [7, 11) is 0. The smallest absolute Gasteiger partial charge is 1.00 e. The molecular formula is C8H8BrFZn. The standard InChI is InChI=1S/C8H8F.BrH.Zn/c1-2-7-3-5-8(9)6-4-7;;/h3-6H,1-2H2;1H;/q;;+1/p-1. The Bertz CT molecular complexity index is 198. The fourth-order valence-corrected chi connectivity index (χ4v) is 1.71. The van der Waals surface area contributed by atoms with Gasteiger partial charge in [0.15, 0.2) is 0 Å². The number of hydrogen-bond acceptors (Lipinski definition) is 0. The van der Waals surface area contributed by atoms with Crippen molar-refractivity contribution in [3.05, 3.63) is 35.6 Å². The molecule has 11 heavy (non-hydrogen) atoms. The second kappa shape index (κ2) is 5.85. The van der Waals surface area contributed by atoms with Crippen molar-refractivity contribution in [1.29, 1.82) is 0 Å². The molecule has 0 fully saturated rings. The summed E-state index contributed by atoms with van der Waals surface area (Å²) < 4.78 is 12.3. The third-order valence-corrected chi connectivity index (χ3v) is 2.12. The van der Waals surface area contributed by atoms with Crippen molar-refractivity contribution in [2.75, 3.05) is 0 Å². The van der Waals surface area contributed by atoms with E-state index in [1.807, 2.05) is 12.1 Å². The maximum atomic E-state index is 12.3. The first kappa shape index (κ1) is 11.3. The van der Waals surface area contributed by atoms with Gasteiger partial charge in [-0.25, -0.2) is 0 Å². The van der Waals surface area contributed by atoms with Crippen LogP contribution in [-0.4, -0.2) is 0 Å². The zero-order chi connectivity index (χ0) is 7.40. The number of aryl methyl sites for hydroxylation is 1. The van der Waals surface area contributed by atoms with Crippen LogP contribution in [0.15, 0.2) is 24.3 Å². The van der Waals surface area contributed by atoms with Gasteiger partial charge in [0, 0.05) is 0 Å². The molecule has 0 aliphatic heterocycles. The van der Waals surface area contributed by atoms with Crippen LogP contribution < -0.4 is 17.0 Å². The molecule has 0 amide bonds. The molecule has 0 unspecified atom stereocenters. The molecule has 0 heterocycles. The SMILES string of the molecule is Fc1ccc(C[CH2][Zn+])cc1.[Br-]. The Morgan fingerprint density at radius 3 is 2.18 bits per heavy atom. The van der Waals surface area contributed by atoms with E-state index >= 15 is 0 Å². The molecule has 0 bridgehead atoms. The maximum Gasteiger partial charge on any atom is -1.00 e. The molecule has 0 saturated heterocycles. The monoisotopic (exact) mass is 266 g/mol. The molecule has 0 aliphatic rings. The normalized spacial score (nSPS) is 9.00. The summed E-state index contributed by atoms with van der Waals surface area (Å²) in [4.78, 5) is 0. The molecule has 0 N–H and O–H groups in total. The maximum absolute atomic E-state index is 12.3. The Hall–Kier alpha value is 0.253. The van der Waals surface area contributed by atoms with E-state index in [1.165, 1.54) is 41.0 Å². The number of halogens is 2. The minimum atomic E-state index is -0.143. The van der Waals surface area contributed by atoms with Crippen molar-refractivity contribution in [2.24, 2.45) is 0 Å². The molecule has 3 heteroatoms. The van der Waals surface area contributed by atoms with Gasteiger partial charge in [-0.05, 0) is 0 Å². The summed E-state index contributed by atoms with van der Waals surface area (Å²) >= 11 is 1.32. The van der Waals surface area contributed by atoms with Crippen LogP contribution in [-0.2, 0) is 24.7 Å². The van der Waals surface area contributed by atoms with Crippen LogP contribution >= 0.6 is 0 Å². The van der Waals surface area contributed by atoms with Gasteiger partial charge in [-0.2, -0.15) is 0 Å². The first-order valence-corrected chi connectivity index (χ1v) is 5.46. The molecule has 1 aromatic carbocycles. The van der Waals surface area contributed by atoms with Crippen molar-refractivity contribution < 1.29 is 39.7 Å². The van der Waals surface area contributed by atoms with Gasteiger partial charge in [-0.1, -0.05) is 0 Å². The molecule has 0 aliphatic carbocycles. The molecule has 56 valence electrons. The van der Waals surface area contributed by atoms with Gasteiger partial charge in [0.2, 0.25) is 0 Å². The fraction of sp³-hybridized carbons (Fsp3) is 0.250. The van der Waals surface area contributed by atoms with E-state index in [0.717, 1.165) is 6.42 Å². The van der Waals surface area contributed by atoms with Gasteiger partial charge in [0.05, 0.1) is 0 Å². The quantitative estimate of drug-likeness (QED) is 0.625. The fourth-order valence-electron chi connectivity index (χ4n) is 0.855. The second-order valence-corrected chi connectivity index (χ2v) is 3.71. The third-order valence-electron chi connectivity index (χ3n) is 1.38. The van der Waals surface area contributed by atoms with Gasteiger partial charge >= 0.3 is 69.8 Å². The molecule has 0 atom stereocenters. The topological polar surface area (TPSA) is 0 Å². The second-order valence-electron chi connectivity index (χ2n) is 2.23. The van der Waals surface area contributed by atoms with Crippen molar-refractivity contribution in [2.45, 2.75) is 11.4 Å². The third kappa shape index (κ3) is 3.98. The number of rotatable bonds is 2. The molecule has 0 aromatic heterocycles. The zero-order valence-electron chi connectivity index (χ0n) is 6.19. The van der Waals surface area contributed by atoms with E-state index in [-0.39, 0.29) is 22.8 Å². The Balaban J connectivity index is 0.000001000. The Labute approximate surface area is 86.6 Å². The van der Waals surface area contributed by atoms with Crippen molar-refractivity contribution in [3.63, 3.8) is 0 Å². The van der Waals surface area contributed by atoms with Crippen molar-refractivity contribution in [1.82, 2.24) is 0 Å². The van der Waals surface area contributed by atoms with E-state index in [9.17, 15) is 4.39 Å². The van der Waals surface area contributed by atoms with Crippen LogP contribution in [0.2, 0.25) is 5.02 Å². The van der Waals surface area contributed by atoms with Crippen LogP contribution in [0.4, 0.5) is 4.39 Å². The average Bonchev–Trinajstić information content (AvgIpc) is 1.95. The van der Waals surface area contributed by atoms with E-state index in [0.29, 0.717) is 0 Å². The minimum Gasteiger partial charge on any atom is -1.00 e. The van der Waals surface area contributed by atoms with Crippen LogP contribution in [0.5, 0.6) is 0 Å². The summed E-state index contributed by atoms with van der Waals surface area (Å²) in [6.45, 7) is 0. The van der Waals surface area contributed by atoms with Crippen LogP contribution in [0, 0.1) is 5.82 Å². The van der Waals surface area contributed by atoms with Gasteiger partial charge < -0.3 is 17.0 Å². The van der Waals surface area contributed by atoms with Crippen molar-refractivity contribution in [3.8, 4) is 0 Å². The Morgan fingerprint density at radius 2 is 1.73 bits per heavy atom. The zero-order valence-corrected chi connectivity index (χ0v) is 10.7. The molecule has 1 aromatic rings. The van der Waals surface area contributed by atoms with Crippen LogP contribution in [0.3, 0.4) is 0 Å². The van der Waals surface area contributed by atoms with E-state index in [4.69, 9.17) is 0 Å². The summed E-state index contributed by atoms with van der Waals surface area (Å²) in [6, 6.07) is 6.74. The first-order chi connectivity index (χ1) is 4.83. The minimum absolute atomic E-state index is 0. The molecule has 0 spiro atoms.